The van der Waals surface area contributed by atoms with Gasteiger partial charge in [0, 0.05) is 38.3 Å². The van der Waals surface area contributed by atoms with Crippen LogP contribution in [-0.4, -0.2) is 86.7 Å². The lowest BCUT2D eigenvalue weighted by molar-refractivity contribution is 0.0604. The van der Waals surface area contributed by atoms with Crippen LogP contribution in [-0.2, 0) is 0 Å². The highest BCUT2D eigenvalue weighted by molar-refractivity contribution is 4.90. The molecule has 4 nitrogen and oxygen atoms in total. The molecule has 19 heavy (non-hydrogen) atoms. The smallest absolute Gasteiger partial charge is 0.0224 e. The number of nitrogens with zero attached hydrogens (tertiary/aromatic N) is 3. The number of piperazine rings is 1. The third kappa shape index (κ3) is 4.71. The lowest BCUT2D eigenvalue weighted by Gasteiger charge is -2.42. The zero-order chi connectivity index (χ0) is 13.7. The number of nitrogens with one attached hydrogen (secondary N) is 1. The van der Waals surface area contributed by atoms with Crippen LogP contribution in [0.25, 0.3) is 0 Å². The van der Waals surface area contributed by atoms with Crippen LogP contribution in [0.15, 0.2) is 0 Å². The molecule has 1 N–H and O–H groups in total. The Bertz CT molecular complexity index is 257. The Labute approximate surface area is 119 Å². The van der Waals surface area contributed by atoms with Crippen LogP contribution in [0.2, 0.25) is 0 Å². The van der Waals surface area contributed by atoms with Gasteiger partial charge in [0.05, 0.1) is 0 Å². The Morgan fingerprint density at radius 2 is 2.05 bits per heavy atom. The minimum Gasteiger partial charge on any atom is -0.315 e. The molecule has 2 rings (SSSR count). The molecule has 2 heterocycles. The van der Waals surface area contributed by atoms with Gasteiger partial charge in [-0.1, -0.05) is 0 Å². The van der Waals surface area contributed by atoms with Crippen LogP contribution in [0.5, 0.6) is 0 Å². The number of rotatable bonds is 7. The van der Waals surface area contributed by atoms with E-state index >= 15 is 0 Å². The van der Waals surface area contributed by atoms with Gasteiger partial charge < -0.3 is 10.2 Å². The van der Waals surface area contributed by atoms with Gasteiger partial charge in [0.2, 0.25) is 0 Å². The molecular weight excluding hydrogens is 236 g/mol. The van der Waals surface area contributed by atoms with Gasteiger partial charge in [-0.05, 0) is 59.9 Å². The molecule has 2 atom stereocenters. The second-order valence-electron chi connectivity index (χ2n) is 6.54. The first kappa shape index (κ1) is 15.2. The molecule has 0 aromatic heterocycles. The van der Waals surface area contributed by atoms with E-state index in [0.29, 0.717) is 0 Å². The Balaban J connectivity index is 1.57. The van der Waals surface area contributed by atoms with E-state index in [9.17, 15) is 0 Å². The fourth-order valence-electron chi connectivity index (χ4n) is 3.43. The Morgan fingerprint density at radius 3 is 2.84 bits per heavy atom. The Hall–Kier alpha value is -0.160. The van der Waals surface area contributed by atoms with Crippen molar-refractivity contribution in [2.24, 2.45) is 0 Å². The molecule has 2 unspecified atom stereocenters. The molecule has 2 fully saturated rings. The summed E-state index contributed by atoms with van der Waals surface area (Å²) in [6.07, 6.45) is 4.08. The van der Waals surface area contributed by atoms with E-state index in [2.05, 4.69) is 41.0 Å². The van der Waals surface area contributed by atoms with Crippen LogP contribution < -0.4 is 5.32 Å². The van der Waals surface area contributed by atoms with Crippen LogP contribution >= 0.6 is 0 Å². The Morgan fingerprint density at radius 1 is 1.21 bits per heavy atom. The molecule has 0 aromatic rings. The van der Waals surface area contributed by atoms with Gasteiger partial charge in [-0.2, -0.15) is 0 Å². The maximum atomic E-state index is 3.59. The average Bonchev–Trinajstić information content (AvgIpc) is 2.80. The molecule has 2 aliphatic rings. The van der Waals surface area contributed by atoms with Gasteiger partial charge in [-0.25, -0.2) is 0 Å². The lowest BCUT2D eigenvalue weighted by Crippen LogP contribution is -2.56. The molecule has 2 saturated heterocycles. The molecule has 4 heteroatoms. The van der Waals surface area contributed by atoms with Gasteiger partial charge in [-0.15, -0.1) is 0 Å². The third-order valence-corrected chi connectivity index (χ3v) is 4.60. The minimum absolute atomic E-state index is 0.734. The standard InChI is InChI=1S/C15H32N4/c1-14-12-19-10-4-6-15(19)13-18(14)11-8-16-7-5-9-17(2)3/h14-16H,4-13H2,1-3H3. The minimum atomic E-state index is 0.734. The van der Waals surface area contributed by atoms with E-state index in [-0.39, 0.29) is 0 Å². The first-order valence-electron chi connectivity index (χ1n) is 8.00. The largest absolute Gasteiger partial charge is 0.315 e. The molecule has 0 aliphatic carbocycles. The second kappa shape index (κ2) is 7.58. The zero-order valence-electron chi connectivity index (χ0n) is 13.1. The summed E-state index contributed by atoms with van der Waals surface area (Å²) in [5.41, 5.74) is 0. The Kier molecular flexibility index (Phi) is 6.07. The molecule has 2 aliphatic heterocycles. The van der Waals surface area contributed by atoms with Crippen molar-refractivity contribution in [3.05, 3.63) is 0 Å². The van der Waals surface area contributed by atoms with Gasteiger partial charge in [-0.3, -0.25) is 9.80 Å². The van der Waals surface area contributed by atoms with Crippen LogP contribution in [0, 0.1) is 0 Å². The van der Waals surface area contributed by atoms with Crippen molar-refractivity contribution in [3.8, 4) is 0 Å². The predicted molar refractivity (Wildman–Crippen MR) is 81.7 cm³/mol. The summed E-state index contributed by atoms with van der Waals surface area (Å²) in [7, 11) is 4.28. The van der Waals surface area contributed by atoms with E-state index in [1.165, 1.54) is 52.0 Å². The molecule has 0 bridgehead atoms. The third-order valence-electron chi connectivity index (χ3n) is 4.60. The topological polar surface area (TPSA) is 21.8 Å². The summed E-state index contributed by atoms with van der Waals surface area (Å²) in [6, 6.07) is 1.59. The van der Waals surface area contributed by atoms with Crippen molar-refractivity contribution in [2.45, 2.75) is 38.3 Å². The maximum Gasteiger partial charge on any atom is 0.0224 e. The van der Waals surface area contributed by atoms with Crippen molar-refractivity contribution in [1.29, 1.82) is 0 Å². The SMILES string of the molecule is CC1CN2CCCC2CN1CCNCCCN(C)C. The molecule has 0 amide bonds. The molecule has 112 valence electrons. The van der Waals surface area contributed by atoms with Crippen molar-refractivity contribution < 1.29 is 0 Å². The summed E-state index contributed by atoms with van der Waals surface area (Å²) >= 11 is 0. The normalized spacial score (nSPS) is 29.1. The van der Waals surface area contributed by atoms with E-state index in [0.717, 1.165) is 25.2 Å². The highest BCUT2D eigenvalue weighted by Crippen LogP contribution is 2.23. The van der Waals surface area contributed by atoms with Crippen molar-refractivity contribution in [3.63, 3.8) is 0 Å². The van der Waals surface area contributed by atoms with Crippen molar-refractivity contribution in [2.75, 3.05) is 59.9 Å². The van der Waals surface area contributed by atoms with E-state index in [4.69, 9.17) is 0 Å². The number of hydrogen-bond donors (Lipinski definition) is 1. The van der Waals surface area contributed by atoms with Gasteiger partial charge in [0.25, 0.3) is 0 Å². The zero-order valence-corrected chi connectivity index (χ0v) is 13.1. The summed E-state index contributed by atoms with van der Waals surface area (Å²) in [4.78, 5) is 7.64. The van der Waals surface area contributed by atoms with Crippen LogP contribution in [0.3, 0.4) is 0 Å². The summed E-state index contributed by atoms with van der Waals surface area (Å²) in [5.74, 6) is 0. The van der Waals surface area contributed by atoms with E-state index < -0.39 is 0 Å². The molecule has 0 radical (unpaired) electrons. The summed E-state index contributed by atoms with van der Waals surface area (Å²) < 4.78 is 0. The van der Waals surface area contributed by atoms with Gasteiger partial charge in [0.15, 0.2) is 0 Å². The summed E-state index contributed by atoms with van der Waals surface area (Å²) in [6.45, 7) is 11.0. The first-order valence-corrected chi connectivity index (χ1v) is 8.00. The summed E-state index contributed by atoms with van der Waals surface area (Å²) in [5, 5.41) is 3.59. The van der Waals surface area contributed by atoms with Crippen molar-refractivity contribution in [1.82, 2.24) is 20.0 Å². The maximum absolute atomic E-state index is 3.59. The first-order chi connectivity index (χ1) is 9.16. The predicted octanol–water partition coefficient (Wildman–Crippen LogP) is 0.696. The monoisotopic (exact) mass is 268 g/mol. The highest BCUT2D eigenvalue weighted by atomic mass is 15.3. The second-order valence-corrected chi connectivity index (χ2v) is 6.54. The molecule has 0 spiro atoms. The van der Waals surface area contributed by atoms with Gasteiger partial charge in [0.1, 0.15) is 0 Å². The number of fused-ring (bicyclic) bond motifs is 1. The van der Waals surface area contributed by atoms with Crippen molar-refractivity contribution >= 4 is 0 Å². The molecule has 0 aromatic carbocycles. The molecule has 0 saturated carbocycles. The average molecular weight is 268 g/mol. The lowest BCUT2D eigenvalue weighted by atomic mass is 10.1. The van der Waals surface area contributed by atoms with Crippen LogP contribution in [0.1, 0.15) is 26.2 Å². The van der Waals surface area contributed by atoms with E-state index in [1.54, 1.807) is 0 Å². The molecular formula is C15H32N4. The fraction of sp³-hybridized carbons (Fsp3) is 1.00. The quantitative estimate of drug-likeness (QED) is 0.686. The number of hydrogen-bond acceptors (Lipinski definition) is 4. The van der Waals surface area contributed by atoms with Crippen LogP contribution in [0.4, 0.5) is 0 Å². The fourth-order valence-corrected chi connectivity index (χ4v) is 3.43. The van der Waals surface area contributed by atoms with Gasteiger partial charge >= 0.3 is 0 Å². The highest BCUT2D eigenvalue weighted by Gasteiger charge is 2.33. The van der Waals surface area contributed by atoms with E-state index in [1.807, 2.05) is 0 Å².